The molecular weight excluding hydrogens is 208 g/mol. The predicted molar refractivity (Wildman–Crippen MR) is 50.4 cm³/mol. The first kappa shape index (κ1) is 9.33. The summed E-state index contributed by atoms with van der Waals surface area (Å²) in [5.74, 6) is -1.79. The molecule has 0 saturated carbocycles. The van der Waals surface area contributed by atoms with Gasteiger partial charge in [-0.05, 0) is 18.2 Å². The van der Waals surface area contributed by atoms with Crippen molar-refractivity contribution in [3.8, 4) is 0 Å². The van der Waals surface area contributed by atoms with E-state index in [1.54, 1.807) is 0 Å². The van der Waals surface area contributed by atoms with E-state index in [1.165, 1.54) is 17.8 Å². The third-order valence-corrected chi connectivity index (χ3v) is 2.72. The number of hydrogen-bond acceptors (Lipinski definition) is 2. The molecule has 0 aliphatic carbocycles. The van der Waals surface area contributed by atoms with Crippen LogP contribution in [0, 0.1) is 11.6 Å². The zero-order valence-electron chi connectivity index (χ0n) is 6.96. The van der Waals surface area contributed by atoms with Gasteiger partial charge < -0.3 is 0 Å². The van der Waals surface area contributed by atoms with Crippen LogP contribution in [0.2, 0.25) is 0 Å². The number of aliphatic imine (C=N–C) groups is 1. The predicted octanol–water partition coefficient (Wildman–Crippen LogP) is 1.98. The molecular formula is C9H5F2NOS. The minimum Gasteiger partial charge on any atom is -0.272 e. The zero-order valence-corrected chi connectivity index (χ0v) is 7.78. The number of hydrogen-bond donors (Lipinski definition) is 0. The van der Waals surface area contributed by atoms with E-state index in [0.29, 0.717) is 10.6 Å². The smallest absolute Gasteiger partial charge is 0.257 e. The molecule has 0 atom stereocenters. The van der Waals surface area contributed by atoms with Crippen molar-refractivity contribution in [2.45, 2.75) is 0 Å². The molecule has 72 valence electrons. The number of thioether (sulfide) groups is 1. The number of benzene rings is 1. The van der Waals surface area contributed by atoms with Crippen LogP contribution in [0.5, 0.6) is 0 Å². The van der Waals surface area contributed by atoms with E-state index in [4.69, 9.17) is 0 Å². The van der Waals surface area contributed by atoms with Gasteiger partial charge in [0, 0.05) is 5.56 Å². The fraction of sp³-hybridized carbons (Fsp3) is 0.111. The molecule has 0 N–H and O–H groups in total. The number of nitrogens with zero attached hydrogens (tertiary/aromatic N) is 1. The summed E-state index contributed by atoms with van der Waals surface area (Å²) in [5.41, 5.74) is 0.444. The Morgan fingerprint density at radius 1 is 1.29 bits per heavy atom. The van der Waals surface area contributed by atoms with Gasteiger partial charge in [0.05, 0.1) is 5.75 Å². The number of amides is 1. The lowest BCUT2D eigenvalue weighted by atomic mass is 10.2. The summed E-state index contributed by atoms with van der Waals surface area (Å²) in [6, 6.07) is 3.47. The maximum atomic E-state index is 12.8. The number of halogens is 2. The average molecular weight is 213 g/mol. The largest absolute Gasteiger partial charge is 0.272 e. The molecule has 2 nitrogen and oxygen atoms in total. The maximum Gasteiger partial charge on any atom is 0.257 e. The Labute approximate surface area is 83.0 Å². The van der Waals surface area contributed by atoms with Gasteiger partial charge in [-0.3, -0.25) is 4.79 Å². The van der Waals surface area contributed by atoms with E-state index in [0.717, 1.165) is 12.1 Å². The fourth-order valence-electron chi connectivity index (χ4n) is 1.08. The summed E-state index contributed by atoms with van der Waals surface area (Å²) < 4.78 is 25.4. The Morgan fingerprint density at radius 3 is 2.64 bits per heavy atom. The molecule has 0 unspecified atom stereocenters. The Balaban J connectivity index is 2.38. The highest BCUT2D eigenvalue weighted by molar-refractivity contribution is 8.15. The van der Waals surface area contributed by atoms with Crippen molar-refractivity contribution in [3.05, 3.63) is 35.4 Å². The summed E-state index contributed by atoms with van der Waals surface area (Å²) >= 11 is 1.23. The first-order chi connectivity index (χ1) is 6.66. The average Bonchev–Trinajstić information content (AvgIpc) is 2.57. The quantitative estimate of drug-likeness (QED) is 0.713. The van der Waals surface area contributed by atoms with E-state index in [-0.39, 0.29) is 11.7 Å². The van der Waals surface area contributed by atoms with Gasteiger partial charge in [0.2, 0.25) is 0 Å². The van der Waals surface area contributed by atoms with Crippen molar-refractivity contribution in [1.82, 2.24) is 0 Å². The van der Waals surface area contributed by atoms with Crippen LogP contribution in [-0.2, 0) is 4.79 Å². The lowest BCUT2D eigenvalue weighted by Gasteiger charge is -1.99. The van der Waals surface area contributed by atoms with Gasteiger partial charge in [0.1, 0.15) is 5.04 Å². The molecule has 0 aromatic heterocycles. The van der Waals surface area contributed by atoms with E-state index >= 15 is 0 Å². The van der Waals surface area contributed by atoms with Crippen molar-refractivity contribution in [3.63, 3.8) is 0 Å². The van der Waals surface area contributed by atoms with Crippen LogP contribution in [-0.4, -0.2) is 16.7 Å². The molecule has 1 aromatic rings. The molecule has 0 bridgehead atoms. The molecule has 14 heavy (non-hydrogen) atoms. The third kappa shape index (κ3) is 1.68. The molecule has 1 aliphatic rings. The van der Waals surface area contributed by atoms with Crippen LogP contribution in [0.1, 0.15) is 5.56 Å². The number of carbonyl (C=O) groups is 1. The van der Waals surface area contributed by atoms with E-state index < -0.39 is 11.6 Å². The molecule has 2 rings (SSSR count). The topological polar surface area (TPSA) is 29.4 Å². The van der Waals surface area contributed by atoms with Crippen molar-refractivity contribution in [1.29, 1.82) is 0 Å². The Morgan fingerprint density at radius 2 is 2.07 bits per heavy atom. The first-order valence-corrected chi connectivity index (χ1v) is 4.85. The van der Waals surface area contributed by atoms with Crippen LogP contribution >= 0.6 is 11.8 Å². The SMILES string of the molecule is O=C1CSC(c2ccc(F)c(F)c2)=N1. The number of rotatable bonds is 1. The van der Waals surface area contributed by atoms with E-state index in [1.807, 2.05) is 0 Å². The van der Waals surface area contributed by atoms with Gasteiger partial charge in [-0.2, -0.15) is 0 Å². The molecule has 1 aromatic carbocycles. The lowest BCUT2D eigenvalue weighted by molar-refractivity contribution is -0.115. The molecule has 0 radical (unpaired) electrons. The Kier molecular flexibility index (Phi) is 2.33. The van der Waals surface area contributed by atoms with Gasteiger partial charge in [-0.25, -0.2) is 13.8 Å². The monoisotopic (exact) mass is 213 g/mol. The van der Waals surface area contributed by atoms with Crippen LogP contribution in [0.25, 0.3) is 0 Å². The standard InChI is InChI=1S/C9H5F2NOS/c10-6-2-1-5(3-7(6)11)9-12-8(13)4-14-9/h1-3H,4H2. The fourth-order valence-corrected chi connectivity index (χ4v) is 1.87. The summed E-state index contributed by atoms with van der Waals surface area (Å²) in [6.45, 7) is 0. The summed E-state index contributed by atoms with van der Waals surface area (Å²) in [7, 11) is 0. The Hall–Kier alpha value is -1.23. The van der Waals surface area contributed by atoms with Gasteiger partial charge in [0.15, 0.2) is 11.6 Å². The van der Waals surface area contributed by atoms with Crippen molar-refractivity contribution in [2.75, 3.05) is 5.75 Å². The zero-order chi connectivity index (χ0) is 10.1. The second-order valence-corrected chi connectivity index (χ2v) is 3.69. The first-order valence-electron chi connectivity index (χ1n) is 3.86. The van der Waals surface area contributed by atoms with E-state index in [9.17, 15) is 13.6 Å². The van der Waals surface area contributed by atoms with Gasteiger partial charge in [-0.15, -0.1) is 0 Å². The summed E-state index contributed by atoms with van der Waals surface area (Å²) in [6.07, 6.45) is 0. The van der Waals surface area contributed by atoms with Gasteiger partial charge >= 0.3 is 0 Å². The van der Waals surface area contributed by atoms with Gasteiger partial charge in [0.25, 0.3) is 5.91 Å². The second-order valence-electron chi connectivity index (χ2n) is 2.73. The third-order valence-electron chi connectivity index (χ3n) is 1.73. The Bertz CT molecular complexity index is 431. The second kappa shape index (κ2) is 3.49. The highest BCUT2D eigenvalue weighted by atomic mass is 32.2. The number of carbonyl (C=O) groups excluding carboxylic acids is 1. The van der Waals surface area contributed by atoms with Crippen LogP contribution in [0.15, 0.2) is 23.2 Å². The minimum absolute atomic E-state index is 0.241. The normalized spacial score (nSPS) is 15.9. The van der Waals surface area contributed by atoms with Crippen LogP contribution < -0.4 is 0 Å². The molecule has 0 fully saturated rings. The molecule has 0 spiro atoms. The van der Waals surface area contributed by atoms with E-state index in [2.05, 4.69) is 4.99 Å². The van der Waals surface area contributed by atoms with Crippen molar-refractivity contribution in [2.24, 2.45) is 4.99 Å². The molecule has 1 amide bonds. The molecule has 1 aliphatic heterocycles. The molecule has 1 heterocycles. The van der Waals surface area contributed by atoms with Crippen LogP contribution in [0.3, 0.4) is 0 Å². The summed E-state index contributed by atoms with van der Waals surface area (Å²) in [4.78, 5) is 14.5. The summed E-state index contributed by atoms with van der Waals surface area (Å²) in [5, 5.41) is 0.453. The maximum absolute atomic E-state index is 12.8. The highest BCUT2D eigenvalue weighted by Gasteiger charge is 2.17. The van der Waals surface area contributed by atoms with Crippen LogP contribution in [0.4, 0.5) is 8.78 Å². The lowest BCUT2D eigenvalue weighted by Crippen LogP contribution is -1.94. The molecule has 5 heteroatoms. The minimum atomic E-state index is -0.926. The molecule has 0 saturated heterocycles. The van der Waals surface area contributed by atoms with Crippen molar-refractivity contribution >= 4 is 22.7 Å². The van der Waals surface area contributed by atoms with Gasteiger partial charge in [-0.1, -0.05) is 11.8 Å². The highest BCUT2D eigenvalue weighted by Crippen LogP contribution is 2.21. The van der Waals surface area contributed by atoms with Crippen molar-refractivity contribution < 1.29 is 13.6 Å².